The van der Waals surface area contributed by atoms with E-state index in [-0.39, 0.29) is 23.5 Å². The van der Waals surface area contributed by atoms with Gasteiger partial charge in [-0.2, -0.15) is 0 Å². The average Bonchev–Trinajstić information content (AvgIpc) is 3.33. The summed E-state index contributed by atoms with van der Waals surface area (Å²) in [5, 5.41) is 6.39. The highest BCUT2D eigenvalue weighted by Gasteiger charge is 2.36. The van der Waals surface area contributed by atoms with Crippen molar-refractivity contribution in [3.63, 3.8) is 0 Å². The van der Waals surface area contributed by atoms with Crippen molar-refractivity contribution < 1.29 is 23.5 Å². The number of para-hydroxylation sites is 1. The van der Waals surface area contributed by atoms with Crippen molar-refractivity contribution >= 4 is 23.2 Å². The molecule has 4 aliphatic rings. The predicted molar refractivity (Wildman–Crippen MR) is 144 cm³/mol. The Labute approximate surface area is 226 Å². The van der Waals surface area contributed by atoms with E-state index in [9.17, 15) is 14.0 Å². The number of aromatic nitrogens is 2. The number of H-pyrrole nitrogens is 1. The minimum absolute atomic E-state index is 0.0622. The zero-order valence-corrected chi connectivity index (χ0v) is 21.9. The summed E-state index contributed by atoms with van der Waals surface area (Å²) in [6.07, 6.45) is 7.09. The number of carbonyl (C=O) groups is 2. The number of piperidine rings is 1. The van der Waals surface area contributed by atoms with Crippen LogP contribution in [0.5, 0.6) is 11.5 Å². The molecule has 9 nitrogen and oxygen atoms in total. The van der Waals surface area contributed by atoms with Crippen LogP contribution in [-0.2, 0) is 4.79 Å². The van der Waals surface area contributed by atoms with E-state index in [1.807, 2.05) is 11.0 Å². The number of hydrogen-bond donors (Lipinski definition) is 3. The first kappa shape index (κ1) is 25.2. The summed E-state index contributed by atoms with van der Waals surface area (Å²) in [6, 6.07) is 6.47. The Morgan fingerprint density at radius 2 is 2.05 bits per heavy atom. The van der Waals surface area contributed by atoms with Gasteiger partial charge in [0.1, 0.15) is 5.75 Å². The molecule has 0 spiro atoms. The molecule has 3 aromatic rings. The molecule has 1 atom stereocenters. The van der Waals surface area contributed by atoms with Gasteiger partial charge in [-0.3, -0.25) is 14.6 Å². The molecule has 4 aliphatic heterocycles. The third-order valence-electron chi connectivity index (χ3n) is 8.04. The fraction of sp³-hybridized carbons (Fsp3) is 0.414. The lowest BCUT2D eigenvalue weighted by atomic mass is 9.83. The number of pyridine rings is 1. The number of nitrogens with one attached hydrogen (secondary N) is 3. The first-order chi connectivity index (χ1) is 19.0. The number of amides is 2. The van der Waals surface area contributed by atoms with Gasteiger partial charge in [0.2, 0.25) is 5.91 Å². The quantitative estimate of drug-likeness (QED) is 0.454. The van der Waals surface area contributed by atoms with Crippen molar-refractivity contribution in [2.75, 3.05) is 38.7 Å². The summed E-state index contributed by atoms with van der Waals surface area (Å²) in [5.74, 6) is 0.571. The molecular weight excluding hydrogens is 501 g/mol. The highest BCUT2D eigenvalue weighted by Crippen LogP contribution is 2.45. The maximum absolute atomic E-state index is 14.6. The van der Waals surface area contributed by atoms with E-state index in [0.29, 0.717) is 65.9 Å². The molecule has 1 aromatic carbocycles. The highest BCUT2D eigenvalue weighted by molar-refractivity contribution is 6.07. The molecule has 2 aromatic heterocycles. The molecule has 204 valence electrons. The van der Waals surface area contributed by atoms with Crippen molar-refractivity contribution in [2.45, 2.75) is 38.0 Å². The lowest BCUT2D eigenvalue weighted by Crippen LogP contribution is -2.40. The minimum Gasteiger partial charge on any atom is -0.492 e. The van der Waals surface area contributed by atoms with Crippen LogP contribution in [0.4, 0.5) is 15.8 Å². The summed E-state index contributed by atoms with van der Waals surface area (Å²) >= 11 is 0. The number of nitrogens with zero attached hydrogens (tertiary/aromatic N) is 2. The number of halogens is 1. The van der Waals surface area contributed by atoms with E-state index in [1.165, 1.54) is 13.2 Å². The summed E-state index contributed by atoms with van der Waals surface area (Å²) in [7, 11) is 1.41. The van der Waals surface area contributed by atoms with Crippen molar-refractivity contribution in [3.8, 4) is 22.8 Å². The normalized spacial score (nSPS) is 21.1. The standard InChI is InChI=1S/C29H32FN5O4/c1-38-28-20(30)4-2-5-21(28)33-27-24-25-18(15-32-29(24)37)14-17-8-11-35(12-9-17)23(36)6-3-13-39-22-16-31-10-7-19(22)26(27)34-25/h2,4-5,7,10,16-18,33-34H,3,6,8-9,11-15H2,1H3,(H,32,37). The average molecular weight is 534 g/mol. The number of benzene rings is 1. The lowest BCUT2D eigenvalue weighted by molar-refractivity contribution is -0.132. The fourth-order valence-electron chi connectivity index (χ4n) is 6.03. The fourth-order valence-corrected chi connectivity index (χ4v) is 6.03. The van der Waals surface area contributed by atoms with Crippen molar-refractivity contribution in [2.24, 2.45) is 5.92 Å². The topological polar surface area (TPSA) is 109 Å². The molecule has 6 heterocycles. The van der Waals surface area contributed by atoms with Gasteiger partial charge in [0.25, 0.3) is 5.91 Å². The molecule has 7 rings (SSSR count). The number of anilines is 2. The van der Waals surface area contributed by atoms with E-state index in [0.717, 1.165) is 38.0 Å². The van der Waals surface area contributed by atoms with Crippen molar-refractivity contribution in [3.05, 3.63) is 53.7 Å². The van der Waals surface area contributed by atoms with E-state index in [2.05, 4.69) is 20.6 Å². The molecule has 0 saturated carbocycles. The van der Waals surface area contributed by atoms with Gasteiger partial charge in [0.05, 0.1) is 42.5 Å². The third-order valence-corrected chi connectivity index (χ3v) is 8.04. The second kappa shape index (κ2) is 10.6. The van der Waals surface area contributed by atoms with Crippen LogP contribution in [-0.4, -0.2) is 60.0 Å². The van der Waals surface area contributed by atoms with Crippen LogP contribution in [0.1, 0.15) is 54.1 Å². The van der Waals surface area contributed by atoms with Gasteiger partial charge in [-0.15, -0.1) is 0 Å². The van der Waals surface area contributed by atoms with Gasteiger partial charge in [-0.25, -0.2) is 4.39 Å². The van der Waals surface area contributed by atoms with Crippen LogP contribution >= 0.6 is 0 Å². The molecule has 1 fully saturated rings. The van der Waals surface area contributed by atoms with Crippen molar-refractivity contribution in [1.29, 1.82) is 0 Å². The van der Waals surface area contributed by atoms with Crippen LogP contribution in [0.25, 0.3) is 11.3 Å². The van der Waals surface area contributed by atoms with Crippen LogP contribution in [0, 0.1) is 11.7 Å². The SMILES string of the molecule is COc1c(F)cccc1Nc1c2[nH]c3c1C(=O)NCC3CC1CCN(CC1)C(=O)CCCOc1cnccc1-2. The molecular formula is C29H32FN5O4. The minimum atomic E-state index is -0.505. The zero-order valence-electron chi connectivity index (χ0n) is 21.9. The third kappa shape index (κ3) is 4.79. The Hall–Kier alpha value is -4.08. The number of carbonyl (C=O) groups excluding carboxylic acids is 2. The highest BCUT2D eigenvalue weighted by atomic mass is 19.1. The van der Waals surface area contributed by atoms with E-state index in [4.69, 9.17) is 9.47 Å². The molecule has 3 N–H and O–H groups in total. The second-order valence-corrected chi connectivity index (χ2v) is 10.4. The zero-order chi connectivity index (χ0) is 26.9. The van der Waals surface area contributed by atoms with Crippen LogP contribution in [0.2, 0.25) is 0 Å². The maximum Gasteiger partial charge on any atom is 0.255 e. The Morgan fingerprint density at radius 1 is 1.21 bits per heavy atom. The Bertz CT molecular complexity index is 1400. The van der Waals surface area contributed by atoms with E-state index < -0.39 is 5.82 Å². The Balaban J connectivity index is 1.49. The monoisotopic (exact) mass is 533 g/mol. The smallest absolute Gasteiger partial charge is 0.255 e. The van der Waals surface area contributed by atoms with Gasteiger partial charge in [0, 0.05) is 49.4 Å². The van der Waals surface area contributed by atoms with Gasteiger partial charge >= 0.3 is 0 Å². The summed E-state index contributed by atoms with van der Waals surface area (Å²) in [5.41, 5.74) is 3.66. The second-order valence-electron chi connectivity index (χ2n) is 10.4. The number of aromatic amines is 1. The molecule has 4 bridgehead atoms. The van der Waals surface area contributed by atoms with Crippen LogP contribution < -0.4 is 20.1 Å². The molecule has 1 saturated heterocycles. The number of hydrogen-bond acceptors (Lipinski definition) is 6. The predicted octanol–water partition coefficient (Wildman–Crippen LogP) is 4.60. The molecule has 1 unspecified atom stereocenters. The Morgan fingerprint density at radius 3 is 2.87 bits per heavy atom. The number of fused-ring (bicyclic) bond motifs is 6. The molecule has 39 heavy (non-hydrogen) atoms. The van der Waals surface area contributed by atoms with Gasteiger partial charge in [-0.1, -0.05) is 6.07 Å². The van der Waals surface area contributed by atoms with Crippen LogP contribution in [0.3, 0.4) is 0 Å². The van der Waals surface area contributed by atoms with Gasteiger partial charge in [0.15, 0.2) is 11.6 Å². The summed E-state index contributed by atoms with van der Waals surface area (Å²) in [4.78, 5) is 35.9. The molecule has 10 heteroatoms. The molecule has 0 aliphatic carbocycles. The van der Waals surface area contributed by atoms with E-state index >= 15 is 0 Å². The summed E-state index contributed by atoms with van der Waals surface area (Å²) in [6.45, 7) is 2.38. The molecule has 2 amide bonds. The maximum atomic E-state index is 14.6. The van der Waals surface area contributed by atoms with Crippen LogP contribution in [0.15, 0.2) is 36.7 Å². The van der Waals surface area contributed by atoms with Gasteiger partial charge in [-0.05, 0) is 49.8 Å². The first-order valence-corrected chi connectivity index (χ1v) is 13.5. The Kier molecular flexibility index (Phi) is 6.85. The molecule has 0 radical (unpaired) electrons. The first-order valence-electron chi connectivity index (χ1n) is 13.5. The lowest BCUT2D eigenvalue weighted by Gasteiger charge is -2.34. The van der Waals surface area contributed by atoms with Crippen molar-refractivity contribution in [1.82, 2.24) is 20.2 Å². The largest absolute Gasteiger partial charge is 0.492 e. The van der Waals surface area contributed by atoms with Gasteiger partial charge < -0.3 is 30.0 Å². The summed E-state index contributed by atoms with van der Waals surface area (Å²) < 4.78 is 26.1. The number of rotatable bonds is 3. The number of methoxy groups -OCH3 is 1. The number of ether oxygens (including phenoxy) is 2. The van der Waals surface area contributed by atoms with E-state index in [1.54, 1.807) is 24.5 Å².